The Hall–Kier alpha value is -2.13. The van der Waals surface area contributed by atoms with Gasteiger partial charge >= 0.3 is 6.03 Å². The molecule has 0 bridgehead atoms. The molecule has 2 rings (SSSR count). The second-order valence-corrected chi connectivity index (χ2v) is 7.69. The molecular weight excluding hydrogens is 358 g/mol. The van der Waals surface area contributed by atoms with Crippen molar-refractivity contribution >= 4 is 45.9 Å². The molecule has 0 aliphatic rings. The lowest BCUT2D eigenvalue weighted by Gasteiger charge is -2.11. The maximum Gasteiger partial charge on any atom is 0.321 e. The van der Waals surface area contributed by atoms with E-state index in [2.05, 4.69) is 26.1 Å². The predicted molar refractivity (Wildman–Crippen MR) is 102 cm³/mol. The molecule has 0 saturated carbocycles. The molecule has 1 heterocycles. The van der Waals surface area contributed by atoms with Gasteiger partial charge in [-0.05, 0) is 38.0 Å². The van der Waals surface area contributed by atoms with Crippen LogP contribution in [0.25, 0.3) is 0 Å². The average molecular weight is 380 g/mol. The van der Waals surface area contributed by atoms with E-state index in [0.29, 0.717) is 9.47 Å². The predicted octanol–water partition coefficient (Wildman–Crippen LogP) is 3.31. The summed E-state index contributed by atoms with van der Waals surface area (Å²) < 4.78 is 0.660. The molecule has 1 aromatic carbocycles. The zero-order valence-corrected chi connectivity index (χ0v) is 16.0. The summed E-state index contributed by atoms with van der Waals surface area (Å²) in [5.74, 6) is -0.262. The first-order valence-corrected chi connectivity index (χ1v) is 9.66. The summed E-state index contributed by atoms with van der Waals surface area (Å²) in [4.78, 5) is 23.4. The molecule has 2 aromatic rings. The molecule has 1 aromatic heterocycles. The molecule has 0 fully saturated rings. The van der Waals surface area contributed by atoms with Crippen molar-refractivity contribution in [3.63, 3.8) is 0 Å². The number of nitrogens with zero attached hydrogens (tertiary/aromatic N) is 2. The van der Waals surface area contributed by atoms with Crippen LogP contribution in [-0.4, -0.2) is 33.9 Å². The molecule has 7 nitrogen and oxygen atoms in total. The number of thioether (sulfide) groups is 1. The van der Waals surface area contributed by atoms with Crippen molar-refractivity contribution in [3.8, 4) is 0 Å². The standard InChI is InChI=1S/C16H21N5O2S2/c1-4-11(3)17-14(23)19-13(22)9-24-16-21-20-15(25-16)18-12-7-5-6-10(2)8-12/h5-8,11H,4,9H2,1-3H3,(H,18,20)(H2,17,19,22,23)/t11-/m0/s1. The SMILES string of the molecule is CC[C@H](C)NC(=O)NC(=O)CSc1nnc(Nc2cccc(C)c2)s1. The summed E-state index contributed by atoms with van der Waals surface area (Å²) in [6.45, 7) is 5.85. The molecule has 134 valence electrons. The second-order valence-electron chi connectivity index (χ2n) is 5.49. The average Bonchev–Trinajstić information content (AvgIpc) is 3.00. The third kappa shape index (κ3) is 6.71. The van der Waals surface area contributed by atoms with Crippen molar-refractivity contribution < 1.29 is 9.59 Å². The van der Waals surface area contributed by atoms with Crippen molar-refractivity contribution in [2.75, 3.05) is 11.1 Å². The first kappa shape index (κ1) is 19.2. The van der Waals surface area contributed by atoms with E-state index < -0.39 is 6.03 Å². The molecular formula is C16H21N5O2S2. The number of imide groups is 1. The third-order valence-corrected chi connectivity index (χ3v) is 5.22. The number of hydrogen-bond donors (Lipinski definition) is 3. The fraction of sp³-hybridized carbons (Fsp3) is 0.375. The van der Waals surface area contributed by atoms with Crippen LogP contribution in [0.3, 0.4) is 0 Å². The van der Waals surface area contributed by atoms with Gasteiger partial charge in [-0.15, -0.1) is 10.2 Å². The number of benzene rings is 1. The van der Waals surface area contributed by atoms with Crippen molar-refractivity contribution in [2.45, 2.75) is 37.6 Å². The lowest BCUT2D eigenvalue weighted by molar-refractivity contribution is -0.117. The number of anilines is 2. The molecule has 0 spiro atoms. The van der Waals surface area contributed by atoms with Crippen LogP contribution in [0, 0.1) is 6.92 Å². The molecule has 0 aliphatic carbocycles. The van der Waals surface area contributed by atoms with Gasteiger partial charge in [0.05, 0.1) is 5.75 Å². The number of urea groups is 1. The topological polar surface area (TPSA) is 96.0 Å². The van der Waals surface area contributed by atoms with Crippen LogP contribution in [0.2, 0.25) is 0 Å². The van der Waals surface area contributed by atoms with E-state index in [9.17, 15) is 9.59 Å². The maximum absolute atomic E-state index is 11.8. The Morgan fingerprint density at radius 1 is 1.32 bits per heavy atom. The number of carbonyl (C=O) groups excluding carboxylic acids is 2. The number of hydrogen-bond acceptors (Lipinski definition) is 7. The van der Waals surface area contributed by atoms with Gasteiger partial charge in [-0.25, -0.2) is 4.79 Å². The summed E-state index contributed by atoms with van der Waals surface area (Å²) in [5, 5.41) is 16.9. The third-order valence-electron chi connectivity index (χ3n) is 3.25. The van der Waals surface area contributed by atoms with Gasteiger partial charge in [0.1, 0.15) is 0 Å². The molecule has 3 amide bonds. The fourth-order valence-electron chi connectivity index (χ4n) is 1.82. The van der Waals surface area contributed by atoms with Gasteiger partial charge < -0.3 is 10.6 Å². The number of aromatic nitrogens is 2. The Kier molecular flexibility index (Phi) is 7.20. The number of aryl methyl sites for hydroxylation is 1. The van der Waals surface area contributed by atoms with Crippen LogP contribution in [-0.2, 0) is 4.79 Å². The van der Waals surface area contributed by atoms with Gasteiger partial charge in [0.15, 0.2) is 4.34 Å². The van der Waals surface area contributed by atoms with E-state index >= 15 is 0 Å². The summed E-state index contributed by atoms with van der Waals surface area (Å²) in [5.41, 5.74) is 2.09. The van der Waals surface area contributed by atoms with Crippen LogP contribution < -0.4 is 16.0 Å². The van der Waals surface area contributed by atoms with Crippen LogP contribution in [0.4, 0.5) is 15.6 Å². The second kappa shape index (κ2) is 9.38. The quantitative estimate of drug-likeness (QED) is 0.639. The minimum absolute atomic E-state index is 0.0267. The highest BCUT2D eigenvalue weighted by Gasteiger charge is 2.12. The Bertz CT molecular complexity index is 735. The minimum Gasteiger partial charge on any atom is -0.335 e. The van der Waals surface area contributed by atoms with Crippen molar-refractivity contribution in [2.24, 2.45) is 0 Å². The van der Waals surface area contributed by atoms with Gasteiger partial charge in [0.25, 0.3) is 0 Å². The maximum atomic E-state index is 11.8. The Morgan fingerprint density at radius 3 is 2.84 bits per heavy atom. The van der Waals surface area contributed by atoms with Gasteiger partial charge in [0.2, 0.25) is 11.0 Å². The van der Waals surface area contributed by atoms with Gasteiger partial charge in [-0.3, -0.25) is 10.1 Å². The summed E-state index contributed by atoms with van der Waals surface area (Å²) in [7, 11) is 0. The minimum atomic E-state index is -0.473. The summed E-state index contributed by atoms with van der Waals surface area (Å²) >= 11 is 2.60. The molecule has 0 aliphatic heterocycles. The largest absolute Gasteiger partial charge is 0.335 e. The molecule has 0 unspecified atom stereocenters. The summed E-state index contributed by atoms with van der Waals surface area (Å²) in [6, 6.07) is 7.49. The smallest absolute Gasteiger partial charge is 0.321 e. The summed E-state index contributed by atoms with van der Waals surface area (Å²) in [6.07, 6.45) is 0.803. The molecule has 3 N–H and O–H groups in total. The zero-order valence-electron chi connectivity index (χ0n) is 14.3. The van der Waals surface area contributed by atoms with E-state index in [1.54, 1.807) is 0 Å². The van der Waals surface area contributed by atoms with Crippen LogP contribution >= 0.6 is 23.1 Å². The molecule has 0 saturated heterocycles. The van der Waals surface area contributed by atoms with Gasteiger partial charge in [-0.2, -0.15) is 0 Å². The number of nitrogens with one attached hydrogen (secondary N) is 3. The number of carbonyl (C=O) groups is 2. The molecule has 1 atom stereocenters. The Balaban J connectivity index is 1.79. The highest BCUT2D eigenvalue weighted by Crippen LogP contribution is 2.27. The lowest BCUT2D eigenvalue weighted by Crippen LogP contribution is -2.43. The molecule has 9 heteroatoms. The monoisotopic (exact) mass is 379 g/mol. The zero-order chi connectivity index (χ0) is 18.2. The van der Waals surface area contributed by atoms with Crippen molar-refractivity contribution in [3.05, 3.63) is 29.8 Å². The van der Waals surface area contributed by atoms with Crippen LogP contribution in [0.1, 0.15) is 25.8 Å². The lowest BCUT2D eigenvalue weighted by atomic mass is 10.2. The van der Waals surface area contributed by atoms with Crippen LogP contribution in [0.5, 0.6) is 0 Å². The van der Waals surface area contributed by atoms with Crippen molar-refractivity contribution in [1.29, 1.82) is 0 Å². The fourth-order valence-corrected chi connectivity index (χ4v) is 3.39. The normalized spacial score (nSPS) is 11.6. The van der Waals surface area contributed by atoms with Crippen molar-refractivity contribution in [1.82, 2.24) is 20.8 Å². The van der Waals surface area contributed by atoms with E-state index in [4.69, 9.17) is 0 Å². The number of rotatable bonds is 7. The van der Waals surface area contributed by atoms with E-state index in [0.717, 1.165) is 17.7 Å². The molecule has 25 heavy (non-hydrogen) atoms. The highest BCUT2D eigenvalue weighted by molar-refractivity contribution is 8.01. The molecule has 0 radical (unpaired) electrons. The Labute approximate surface area is 155 Å². The van der Waals surface area contributed by atoms with E-state index in [-0.39, 0.29) is 17.7 Å². The van der Waals surface area contributed by atoms with Gasteiger partial charge in [0, 0.05) is 11.7 Å². The highest BCUT2D eigenvalue weighted by atomic mass is 32.2. The van der Waals surface area contributed by atoms with E-state index in [1.165, 1.54) is 23.1 Å². The van der Waals surface area contributed by atoms with Crippen LogP contribution in [0.15, 0.2) is 28.6 Å². The first-order chi connectivity index (χ1) is 12.0. The van der Waals surface area contributed by atoms with E-state index in [1.807, 2.05) is 45.0 Å². The first-order valence-electron chi connectivity index (χ1n) is 7.86. The number of amides is 3. The Morgan fingerprint density at radius 2 is 2.12 bits per heavy atom. The van der Waals surface area contributed by atoms with Gasteiger partial charge in [-0.1, -0.05) is 42.2 Å².